The van der Waals surface area contributed by atoms with E-state index < -0.39 is 0 Å². The van der Waals surface area contributed by atoms with Crippen molar-refractivity contribution in [2.45, 2.75) is 187 Å². The number of aromatic nitrogens is 1. The zero-order chi connectivity index (χ0) is 35.3. The molecule has 0 N–H and O–H groups in total. The predicted octanol–water partition coefficient (Wildman–Crippen LogP) is 5.49. The Kier molecular flexibility index (Phi) is 20.4. The van der Waals surface area contributed by atoms with E-state index in [4.69, 9.17) is 15.0 Å². The van der Waals surface area contributed by atoms with Crippen molar-refractivity contribution in [2.24, 2.45) is 9.98 Å². The molecule has 1 aromatic heterocycles. The smallest absolute Gasteiger partial charge is 1.00 e. The first-order chi connectivity index (χ1) is 24.8. The Hall–Kier alpha value is -0.849. The van der Waals surface area contributed by atoms with Gasteiger partial charge < -0.3 is 37.2 Å². The van der Waals surface area contributed by atoms with E-state index in [9.17, 15) is 0 Å². The van der Waals surface area contributed by atoms with Gasteiger partial charge >= 0.3 is 40.8 Å². The molecule has 7 rings (SSSR count). The van der Waals surface area contributed by atoms with Crippen molar-refractivity contribution in [2.75, 3.05) is 0 Å². The molecule has 55 heavy (non-hydrogen) atoms. The first-order valence-corrected chi connectivity index (χ1v) is 21.2. The molecule has 0 unspecified atom stereocenters. The first-order valence-electron chi connectivity index (χ1n) is 21.2. The van der Waals surface area contributed by atoms with Crippen LogP contribution in [0.4, 0.5) is 11.4 Å². The number of benzene rings is 2. The van der Waals surface area contributed by atoms with Gasteiger partial charge in [-0.05, 0) is 150 Å². The van der Waals surface area contributed by atoms with Crippen molar-refractivity contribution in [3.8, 4) is 0 Å². The summed E-state index contributed by atoms with van der Waals surface area (Å²) in [7, 11) is 0. The van der Waals surface area contributed by atoms with Crippen LogP contribution in [-0.2, 0) is 0 Å². The topological polar surface area (TPSA) is 37.6 Å². The molecular weight excluding hydrogens is 869 g/mol. The molecule has 0 amide bonds. The zero-order valence-electron chi connectivity index (χ0n) is 34.4. The van der Waals surface area contributed by atoms with E-state index in [0.717, 1.165) is 22.8 Å². The van der Waals surface area contributed by atoms with Gasteiger partial charge in [0.1, 0.15) is 0 Å². The predicted molar refractivity (Wildman–Crippen MR) is 218 cm³/mol. The average Bonchev–Trinajstić information content (AvgIpc) is 3.17. The maximum Gasteiger partial charge on any atom is 3.00 e. The third-order valence-corrected chi connectivity index (χ3v) is 13.1. The van der Waals surface area contributed by atoms with Crippen molar-refractivity contribution in [1.29, 1.82) is 0 Å². The van der Waals surface area contributed by atoms with Crippen molar-refractivity contribution in [1.82, 2.24) is 4.98 Å². The maximum absolute atomic E-state index is 5.62. The molecule has 3 aromatic rings. The normalized spacial score (nSPS) is 19.4. The fourth-order valence-electron chi connectivity index (χ4n) is 10.3. The molecule has 4 fully saturated rings. The van der Waals surface area contributed by atoms with Gasteiger partial charge in [0.25, 0.3) is 0 Å². The Morgan fingerprint density at radius 3 is 0.909 bits per heavy atom. The summed E-state index contributed by atoms with van der Waals surface area (Å²) in [6, 6.07) is 14.4. The van der Waals surface area contributed by atoms with Crippen LogP contribution in [0, 0.1) is 61.6 Å². The Balaban J connectivity index is 0.00000203. The van der Waals surface area contributed by atoms with E-state index in [1.54, 1.807) is 0 Å². The maximum atomic E-state index is 5.62. The summed E-state index contributed by atoms with van der Waals surface area (Å²) in [5, 5.41) is 0. The molecule has 7 heteroatoms. The molecule has 1 radical (unpaired) electrons. The summed E-state index contributed by atoms with van der Waals surface area (Å²) >= 11 is 0. The molecule has 4 saturated carbocycles. The van der Waals surface area contributed by atoms with Crippen LogP contribution < -0.4 is 37.2 Å². The Morgan fingerprint density at radius 1 is 0.418 bits per heavy atom. The van der Waals surface area contributed by atoms with Crippen molar-refractivity contribution < 1.29 is 78.1 Å². The molecule has 0 spiro atoms. The number of hydrogen-bond donors (Lipinski definition) is 0. The summed E-state index contributed by atoms with van der Waals surface area (Å²) in [5.41, 5.74) is 16.7. The van der Waals surface area contributed by atoms with Gasteiger partial charge in [-0.3, -0.25) is 9.98 Å². The van der Waals surface area contributed by atoms with Crippen LogP contribution in [-0.4, -0.2) is 16.4 Å². The van der Waals surface area contributed by atoms with Gasteiger partial charge in [-0.25, -0.2) is 4.98 Å². The van der Waals surface area contributed by atoms with Gasteiger partial charge in [-0.15, -0.1) is 0 Å². The minimum absolute atomic E-state index is 0. The molecule has 0 aliphatic heterocycles. The van der Waals surface area contributed by atoms with E-state index in [2.05, 4.69) is 71.0 Å². The quantitative estimate of drug-likeness (QED) is 0.276. The monoisotopic (exact) mass is 930 g/mol. The number of aliphatic imine (C=N–C) groups is 2. The second-order valence-electron chi connectivity index (χ2n) is 17.2. The fourth-order valence-corrected chi connectivity index (χ4v) is 10.3. The van der Waals surface area contributed by atoms with Crippen molar-refractivity contribution in [3.63, 3.8) is 0 Å². The Morgan fingerprint density at radius 2 is 0.655 bits per heavy atom. The van der Waals surface area contributed by atoms with E-state index >= 15 is 0 Å². The van der Waals surface area contributed by atoms with Crippen LogP contribution in [0.1, 0.15) is 216 Å². The minimum Gasteiger partial charge on any atom is -1.00 e. The SMILES string of the molecule is CC(=Nc1c(C2CCCCC2)cc(C)cc1C1CCCCC1)c1cc(C)cc(C(C)=Nc2c(C3CCCCC3)cc(C)cc2C2CCCCC2)n1.[Cl-].[Cl-].[Cl-].[Nd+3]. The number of nitrogens with zero attached hydrogens (tertiary/aromatic N) is 3. The van der Waals surface area contributed by atoms with Gasteiger partial charge in [0.15, 0.2) is 0 Å². The van der Waals surface area contributed by atoms with E-state index in [-0.39, 0.29) is 78.1 Å². The molecule has 0 saturated heterocycles. The number of rotatable bonds is 8. The number of aryl methyl sites for hydroxylation is 3. The standard InChI is InChI=1S/C48H65N3.3ClH.Nd/c1-32-26-41(37-18-10-6-11-19-37)47(42(27-32)38-20-12-7-13-21-38)49-35(4)45-30-34(3)31-46(51-45)36(5)50-48-43(39-22-14-8-15-23-39)28-33(2)29-44(48)40-24-16-9-17-25-40;;;;/h26-31,37-40H,6-25H2,1-5H3;3*1H;/q;;;;+3/p-3. The number of pyridine rings is 1. The summed E-state index contributed by atoms with van der Waals surface area (Å²) in [6.45, 7) is 11.2. The summed E-state index contributed by atoms with van der Waals surface area (Å²) in [5.74, 6) is 2.48. The second-order valence-corrected chi connectivity index (χ2v) is 17.2. The van der Waals surface area contributed by atoms with Crippen LogP contribution in [0.2, 0.25) is 0 Å². The summed E-state index contributed by atoms with van der Waals surface area (Å²) in [6.07, 6.45) is 26.6. The summed E-state index contributed by atoms with van der Waals surface area (Å²) in [4.78, 5) is 16.6. The van der Waals surface area contributed by atoms with Crippen molar-refractivity contribution in [3.05, 3.63) is 86.7 Å². The van der Waals surface area contributed by atoms with Gasteiger partial charge in [-0.2, -0.15) is 0 Å². The van der Waals surface area contributed by atoms with E-state index in [0.29, 0.717) is 23.7 Å². The zero-order valence-corrected chi connectivity index (χ0v) is 39.9. The van der Waals surface area contributed by atoms with Gasteiger partial charge in [0, 0.05) is 0 Å². The van der Waals surface area contributed by atoms with Crippen LogP contribution in [0.3, 0.4) is 0 Å². The number of halogens is 3. The molecule has 0 atom stereocenters. The molecule has 0 bridgehead atoms. The van der Waals surface area contributed by atoms with E-state index in [1.807, 2.05) is 0 Å². The van der Waals surface area contributed by atoms with E-state index in [1.165, 1.54) is 179 Å². The Bertz CT molecular complexity index is 1540. The number of hydrogen-bond acceptors (Lipinski definition) is 3. The second kappa shape index (κ2) is 23.1. The van der Waals surface area contributed by atoms with Gasteiger partial charge in [-0.1, -0.05) is 112 Å². The largest absolute Gasteiger partial charge is 3.00 e. The molecule has 1 heterocycles. The molecular formula is C48H65Cl3N3Nd. The average molecular weight is 935 g/mol. The van der Waals surface area contributed by atoms with Crippen LogP contribution in [0.15, 0.2) is 46.4 Å². The van der Waals surface area contributed by atoms with Gasteiger partial charge in [0.05, 0.1) is 34.2 Å². The Labute approximate surface area is 385 Å². The van der Waals surface area contributed by atoms with Crippen molar-refractivity contribution >= 4 is 22.8 Å². The molecule has 4 aliphatic rings. The van der Waals surface area contributed by atoms with Crippen LogP contribution in [0.5, 0.6) is 0 Å². The minimum atomic E-state index is 0. The molecule has 3 nitrogen and oxygen atoms in total. The molecule has 4 aliphatic carbocycles. The fraction of sp³-hybridized carbons (Fsp3) is 0.604. The molecule has 2 aromatic carbocycles. The third-order valence-electron chi connectivity index (χ3n) is 13.1. The van der Waals surface area contributed by atoms with Crippen LogP contribution in [0.25, 0.3) is 0 Å². The summed E-state index contributed by atoms with van der Waals surface area (Å²) < 4.78 is 0. The van der Waals surface area contributed by atoms with Gasteiger partial charge in [0.2, 0.25) is 0 Å². The van der Waals surface area contributed by atoms with Crippen LogP contribution >= 0.6 is 0 Å². The third kappa shape index (κ3) is 12.1. The first kappa shape index (κ1) is 48.5. The molecule has 297 valence electrons.